The molecule has 1 aliphatic rings. The SMILES string of the molecule is COc1ccc(CCC(=O)N2CCN(C(=O)c3cc(C)c(C)c(S(=O)(=O)N(C)C)c3)CC2)cc1. The van der Waals surface area contributed by atoms with Crippen molar-refractivity contribution in [3.05, 3.63) is 58.7 Å². The molecule has 0 bridgehead atoms. The number of ether oxygens (including phenoxy) is 1. The van der Waals surface area contributed by atoms with Gasteiger partial charge in [0.05, 0.1) is 12.0 Å². The Labute approximate surface area is 202 Å². The van der Waals surface area contributed by atoms with E-state index >= 15 is 0 Å². The summed E-state index contributed by atoms with van der Waals surface area (Å²) in [5, 5.41) is 0. The summed E-state index contributed by atoms with van der Waals surface area (Å²) in [5.74, 6) is 0.628. The molecule has 2 aromatic rings. The fourth-order valence-corrected chi connectivity index (χ4v) is 5.18. The highest BCUT2D eigenvalue weighted by atomic mass is 32.2. The van der Waals surface area contributed by atoms with E-state index in [2.05, 4.69) is 0 Å². The summed E-state index contributed by atoms with van der Waals surface area (Å²) in [5.41, 5.74) is 2.81. The number of aryl methyl sites for hydroxylation is 2. The third kappa shape index (κ3) is 5.59. The van der Waals surface area contributed by atoms with Crippen LogP contribution in [0.2, 0.25) is 0 Å². The molecule has 0 atom stereocenters. The quantitative estimate of drug-likeness (QED) is 0.599. The average Bonchev–Trinajstić information content (AvgIpc) is 2.83. The zero-order chi connectivity index (χ0) is 25.0. The second kappa shape index (κ2) is 10.6. The van der Waals surface area contributed by atoms with Crippen molar-refractivity contribution in [3.8, 4) is 5.75 Å². The van der Waals surface area contributed by atoms with E-state index in [1.807, 2.05) is 24.3 Å². The summed E-state index contributed by atoms with van der Waals surface area (Å²) in [6.07, 6.45) is 1.05. The van der Waals surface area contributed by atoms with Crippen LogP contribution in [0.3, 0.4) is 0 Å². The van der Waals surface area contributed by atoms with Crippen LogP contribution in [-0.2, 0) is 21.2 Å². The van der Waals surface area contributed by atoms with Gasteiger partial charge in [-0.25, -0.2) is 12.7 Å². The van der Waals surface area contributed by atoms with Crippen molar-refractivity contribution in [1.29, 1.82) is 0 Å². The molecule has 1 heterocycles. The van der Waals surface area contributed by atoms with Crippen LogP contribution in [0, 0.1) is 13.8 Å². The number of rotatable bonds is 7. The lowest BCUT2D eigenvalue weighted by molar-refractivity contribution is -0.132. The maximum Gasteiger partial charge on any atom is 0.254 e. The van der Waals surface area contributed by atoms with Crippen LogP contribution in [0.15, 0.2) is 41.3 Å². The fraction of sp³-hybridized carbons (Fsp3) is 0.440. The standard InChI is InChI=1S/C25H33N3O5S/c1-18-16-21(17-23(19(18)2)34(31,32)26(3)4)25(30)28-14-12-27(13-15-28)24(29)11-8-20-6-9-22(33-5)10-7-20/h6-7,9-10,16-17H,8,11-15H2,1-5H3. The van der Waals surface area contributed by atoms with E-state index in [1.165, 1.54) is 20.2 Å². The van der Waals surface area contributed by atoms with Crippen LogP contribution in [0.25, 0.3) is 0 Å². The smallest absolute Gasteiger partial charge is 0.254 e. The average molecular weight is 488 g/mol. The Hall–Kier alpha value is -2.91. The Balaban J connectivity index is 1.62. The molecule has 0 spiro atoms. The molecule has 8 nitrogen and oxygen atoms in total. The molecule has 9 heteroatoms. The fourth-order valence-electron chi connectivity index (χ4n) is 3.96. The summed E-state index contributed by atoms with van der Waals surface area (Å²) in [6.45, 7) is 5.30. The molecule has 184 valence electrons. The molecule has 1 saturated heterocycles. The molecule has 0 aliphatic carbocycles. The predicted molar refractivity (Wildman–Crippen MR) is 131 cm³/mol. The van der Waals surface area contributed by atoms with E-state index in [0.29, 0.717) is 50.1 Å². The highest BCUT2D eigenvalue weighted by Crippen LogP contribution is 2.24. The molecule has 0 aromatic heterocycles. The summed E-state index contributed by atoms with van der Waals surface area (Å²) in [6, 6.07) is 10.9. The van der Waals surface area contributed by atoms with Gasteiger partial charge >= 0.3 is 0 Å². The second-order valence-electron chi connectivity index (χ2n) is 8.72. The zero-order valence-corrected chi connectivity index (χ0v) is 21.3. The zero-order valence-electron chi connectivity index (χ0n) is 20.5. The van der Waals surface area contributed by atoms with Crippen LogP contribution >= 0.6 is 0 Å². The van der Waals surface area contributed by atoms with Gasteiger partial charge in [-0.1, -0.05) is 12.1 Å². The second-order valence-corrected chi connectivity index (χ2v) is 10.8. The highest BCUT2D eigenvalue weighted by molar-refractivity contribution is 7.89. The molecular weight excluding hydrogens is 454 g/mol. The van der Waals surface area contributed by atoms with Crippen LogP contribution in [0.1, 0.15) is 33.5 Å². The first-order chi connectivity index (χ1) is 16.0. The van der Waals surface area contributed by atoms with Crippen LogP contribution in [0.5, 0.6) is 5.75 Å². The van der Waals surface area contributed by atoms with E-state index in [9.17, 15) is 18.0 Å². The molecule has 0 unspecified atom stereocenters. The normalized spacial score (nSPS) is 14.4. The lowest BCUT2D eigenvalue weighted by Gasteiger charge is -2.35. The Morgan fingerprint density at radius 2 is 1.56 bits per heavy atom. The third-order valence-electron chi connectivity index (χ3n) is 6.33. The first kappa shape index (κ1) is 25.7. The maximum absolute atomic E-state index is 13.2. The number of benzene rings is 2. The van der Waals surface area contributed by atoms with E-state index < -0.39 is 10.0 Å². The summed E-state index contributed by atoms with van der Waals surface area (Å²) >= 11 is 0. The Morgan fingerprint density at radius 1 is 0.971 bits per heavy atom. The van der Waals surface area contributed by atoms with Crippen molar-refractivity contribution in [1.82, 2.24) is 14.1 Å². The first-order valence-electron chi connectivity index (χ1n) is 11.3. The van der Waals surface area contributed by atoms with Gasteiger partial charge in [0.25, 0.3) is 5.91 Å². The van der Waals surface area contributed by atoms with E-state index in [4.69, 9.17) is 4.74 Å². The van der Waals surface area contributed by atoms with Gasteiger partial charge in [0, 0.05) is 52.3 Å². The van der Waals surface area contributed by atoms with Gasteiger partial charge in [-0.2, -0.15) is 0 Å². The molecule has 34 heavy (non-hydrogen) atoms. The van der Waals surface area contributed by atoms with E-state index in [0.717, 1.165) is 21.2 Å². The minimum absolute atomic E-state index is 0.0634. The number of methoxy groups -OCH3 is 1. The largest absolute Gasteiger partial charge is 0.497 e. The van der Waals surface area contributed by atoms with Crippen molar-refractivity contribution < 1.29 is 22.7 Å². The number of carbonyl (C=O) groups is 2. The topological polar surface area (TPSA) is 87.2 Å². The minimum atomic E-state index is -3.67. The first-order valence-corrected chi connectivity index (χ1v) is 12.7. The van der Waals surface area contributed by atoms with Crippen LogP contribution in [0.4, 0.5) is 0 Å². The Kier molecular flexibility index (Phi) is 7.99. The van der Waals surface area contributed by atoms with Crippen molar-refractivity contribution in [3.63, 3.8) is 0 Å². The molecule has 0 N–H and O–H groups in total. The van der Waals surface area contributed by atoms with Crippen molar-refractivity contribution in [2.75, 3.05) is 47.4 Å². The Bertz CT molecular complexity index is 1150. The number of carbonyl (C=O) groups excluding carboxylic acids is 2. The van der Waals surface area contributed by atoms with Gasteiger partial charge < -0.3 is 14.5 Å². The van der Waals surface area contributed by atoms with Crippen LogP contribution in [-0.4, -0.2) is 81.7 Å². The Morgan fingerprint density at radius 3 is 2.12 bits per heavy atom. The lowest BCUT2D eigenvalue weighted by atomic mass is 10.0. The molecule has 0 saturated carbocycles. The van der Waals surface area contributed by atoms with Crippen molar-refractivity contribution in [2.45, 2.75) is 31.6 Å². The lowest BCUT2D eigenvalue weighted by Crippen LogP contribution is -2.50. The van der Waals surface area contributed by atoms with Crippen molar-refractivity contribution in [2.24, 2.45) is 0 Å². The van der Waals surface area contributed by atoms with Gasteiger partial charge in [0.2, 0.25) is 15.9 Å². The van der Waals surface area contributed by atoms with Gasteiger partial charge in [0.15, 0.2) is 0 Å². The number of sulfonamides is 1. The molecule has 3 rings (SSSR count). The minimum Gasteiger partial charge on any atom is -0.497 e. The molecule has 1 aliphatic heterocycles. The monoisotopic (exact) mass is 487 g/mol. The number of hydrogen-bond donors (Lipinski definition) is 0. The van der Waals surface area contributed by atoms with Gasteiger partial charge in [-0.15, -0.1) is 0 Å². The highest BCUT2D eigenvalue weighted by Gasteiger charge is 2.27. The van der Waals surface area contributed by atoms with E-state index in [1.54, 1.807) is 36.8 Å². The maximum atomic E-state index is 13.2. The van der Waals surface area contributed by atoms with E-state index in [-0.39, 0.29) is 16.7 Å². The number of amides is 2. The van der Waals surface area contributed by atoms with Gasteiger partial charge in [-0.3, -0.25) is 9.59 Å². The molecular formula is C25H33N3O5S. The number of nitrogens with zero attached hydrogens (tertiary/aromatic N) is 3. The predicted octanol–water partition coefficient (Wildman–Crippen LogP) is 2.48. The third-order valence-corrected chi connectivity index (χ3v) is 8.27. The van der Waals surface area contributed by atoms with Gasteiger partial charge in [-0.05, 0) is 61.2 Å². The van der Waals surface area contributed by atoms with Gasteiger partial charge in [0.1, 0.15) is 5.75 Å². The molecule has 0 radical (unpaired) electrons. The number of hydrogen-bond acceptors (Lipinski definition) is 5. The van der Waals surface area contributed by atoms with Crippen molar-refractivity contribution >= 4 is 21.8 Å². The molecule has 2 aromatic carbocycles. The summed E-state index contributed by atoms with van der Waals surface area (Å²) in [7, 11) is 0.903. The molecule has 1 fully saturated rings. The summed E-state index contributed by atoms with van der Waals surface area (Å²) < 4.78 is 31.8. The van der Waals surface area contributed by atoms with Crippen LogP contribution < -0.4 is 4.74 Å². The molecule has 2 amide bonds. The number of piperazine rings is 1. The summed E-state index contributed by atoms with van der Waals surface area (Å²) in [4.78, 5) is 29.4.